The molecule has 2 fully saturated rings. The number of amides is 1. The first kappa shape index (κ1) is 20.9. The number of aliphatic imine (C=N–C) groups is 1. The van der Waals surface area contributed by atoms with Crippen molar-refractivity contribution >= 4 is 38.4 Å². The molecule has 1 amide bonds. The van der Waals surface area contributed by atoms with E-state index in [-0.39, 0.29) is 35.1 Å². The van der Waals surface area contributed by atoms with E-state index in [4.69, 9.17) is 4.74 Å². The van der Waals surface area contributed by atoms with Crippen LogP contribution in [0.25, 0.3) is 0 Å². The Morgan fingerprint density at radius 2 is 1.90 bits per heavy atom. The van der Waals surface area contributed by atoms with Crippen LogP contribution in [-0.4, -0.2) is 49.4 Å². The van der Waals surface area contributed by atoms with Crippen LogP contribution >= 0.6 is 11.8 Å². The van der Waals surface area contributed by atoms with Crippen LogP contribution in [0.1, 0.15) is 16.7 Å². The number of carbonyl (C=O) groups excluding carboxylic acids is 1. The molecule has 2 saturated heterocycles. The van der Waals surface area contributed by atoms with E-state index in [0.29, 0.717) is 5.17 Å². The number of anilines is 1. The SMILES string of the molecule is COc1ccc(CC(=O)N=C2S[C@@H]3CS(=O)(=O)C[C@@H]3N2c2cccc(C)c2C)cc1. The van der Waals surface area contributed by atoms with Gasteiger partial charge in [-0.1, -0.05) is 36.0 Å². The topological polar surface area (TPSA) is 76.0 Å². The molecule has 0 bridgehead atoms. The van der Waals surface area contributed by atoms with Crippen molar-refractivity contribution in [3.05, 3.63) is 59.2 Å². The smallest absolute Gasteiger partial charge is 0.252 e. The molecule has 2 aliphatic heterocycles. The second-order valence-electron chi connectivity index (χ2n) is 7.70. The number of ether oxygens (including phenoxy) is 1. The Balaban J connectivity index is 1.65. The summed E-state index contributed by atoms with van der Waals surface area (Å²) in [6.07, 6.45) is 0.183. The molecule has 0 saturated carbocycles. The van der Waals surface area contributed by atoms with Crippen molar-refractivity contribution in [1.82, 2.24) is 0 Å². The molecule has 6 nitrogen and oxygen atoms in total. The van der Waals surface area contributed by atoms with Crippen LogP contribution in [-0.2, 0) is 21.1 Å². The average molecular weight is 445 g/mol. The number of methoxy groups -OCH3 is 1. The molecule has 0 radical (unpaired) electrons. The van der Waals surface area contributed by atoms with E-state index in [1.165, 1.54) is 11.8 Å². The number of aryl methyl sites for hydroxylation is 1. The number of carbonyl (C=O) groups is 1. The summed E-state index contributed by atoms with van der Waals surface area (Å²) in [5, 5.41) is 0.481. The summed E-state index contributed by atoms with van der Waals surface area (Å²) in [5.41, 5.74) is 3.96. The first-order chi connectivity index (χ1) is 14.3. The van der Waals surface area contributed by atoms with Crippen molar-refractivity contribution in [2.45, 2.75) is 31.6 Å². The molecule has 0 N–H and O–H groups in total. The monoisotopic (exact) mass is 444 g/mol. The van der Waals surface area contributed by atoms with Crippen molar-refractivity contribution in [2.75, 3.05) is 23.5 Å². The molecule has 0 unspecified atom stereocenters. The fraction of sp³-hybridized carbons (Fsp3) is 0.364. The zero-order valence-electron chi connectivity index (χ0n) is 17.2. The number of hydrogen-bond acceptors (Lipinski definition) is 5. The van der Waals surface area contributed by atoms with Gasteiger partial charge >= 0.3 is 0 Å². The predicted molar refractivity (Wildman–Crippen MR) is 121 cm³/mol. The number of thioether (sulfide) groups is 1. The van der Waals surface area contributed by atoms with E-state index >= 15 is 0 Å². The Labute approximate surface area is 181 Å². The highest BCUT2D eigenvalue weighted by atomic mass is 32.2. The maximum absolute atomic E-state index is 12.7. The van der Waals surface area contributed by atoms with Gasteiger partial charge in [0, 0.05) is 10.9 Å². The van der Waals surface area contributed by atoms with E-state index in [1.54, 1.807) is 7.11 Å². The minimum absolute atomic E-state index is 0.0870. The maximum atomic E-state index is 12.7. The third kappa shape index (κ3) is 4.11. The lowest BCUT2D eigenvalue weighted by Crippen LogP contribution is -2.38. The fourth-order valence-electron chi connectivity index (χ4n) is 3.91. The number of sulfone groups is 1. The van der Waals surface area contributed by atoms with E-state index < -0.39 is 9.84 Å². The second kappa shape index (κ2) is 8.07. The van der Waals surface area contributed by atoms with Crippen LogP contribution in [0, 0.1) is 13.8 Å². The minimum atomic E-state index is -3.09. The van der Waals surface area contributed by atoms with Gasteiger partial charge in [0.2, 0.25) is 0 Å². The van der Waals surface area contributed by atoms with Crippen molar-refractivity contribution < 1.29 is 17.9 Å². The summed E-state index contributed by atoms with van der Waals surface area (Å²) in [7, 11) is -1.49. The number of nitrogens with zero attached hydrogens (tertiary/aromatic N) is 2. The lowest BCUT2D eigenvalue weighted by Gasteiger charge is -2.26. The molecule has 30 heavy (non-hydrogen) atoms. The molecule has 2 heterocycles. The first-order valence-electron chi connectivity index (χ1n) is 9.74. The first-order valence-corrected chi connectivity index (χ1v) is 12.4. The lowest BCUT2D eigenvalue weighted by molar-refractivity contribution is -0.117. The van der Waals surface area contributed by atoms with Gasteiger partial charge in [0.25, 0.3) is 5.91 Å². The van der Waals surface area contributed by atoms with Gasteiger partial charge in [0.1, 0.15) is 5.75 Å². The summed E-state index contributed by atoms with van der Waals surface area (Å²) in [4.78, 5) is 19.1. The summed E-state index contributed by atoms with van der Waals surface area (Å²) in [5.74, 6) is 0.693. The fourth-order valence-corrected chi connectivity index (χ4v) is 7.83. The predicted octanol–water partition coefficient (Wildman–Crippen LogP) is 3.16. The van der Waals surface area contributed by atoms with Crippen molar-refractivity contribution in [3.63, 3.8) is 0 Å². The summed E-state index contributed by atoms with van der Waals surface area (Å²) >= 11 is 1.40. The molecular formula is C22H24N2O4S2. The van der Waals surface area contributed by atoms with E-state index in [0.717, 1.165) is 28.1 Å². The molecule has 0 aromatic heterocycles. The number of benzene rings is 2. The highest BCUT2D eigenvalue weighted by molar-refractivity contribution is 8.16. The zero-order chi connectivity index (χ0) is 21.5. The van der Waals surface area contributed by atoms with Crippen LogP contribution in [0.5, 0.6) is 5.75 Å². The number of hydrogen-bond donors (Lipinski definition) is 0. The maximum Gasteiger partial charge on any atom is 0.252 e. The minimum Gasteiger partial charge on any atom is -0.497 e. The summed E-state index contributed by atoms with van der Waals surface area (Å²) in [6, 6.07) is 13.1. The Hall–Kier alpha value is -2.32. The van der Waals surface area contributed by atoms with E-state index in [1.807, 2.05) is 61.2 Å². The highest BCUT2D eigenvalue weighted by Gasteiger charge is 2.49. The lowest BCUT2D eigenvalue weighted by atomic mass is 10.1. The zero-order valence-corrected chi connectivity index (χ0v) is 18.8. The third-order valence-corrected chi connectivity index (χ3v) is 8.85. The largest absolute Gasteiger partial charge is 0.497 e. The average Bonchev–Trinajstić information content (AvgIpc) is 3.15. The molecule has 2 aliphatic rings. The van der Waals surface area contributed by atoms with Gasteiger partial charge in [-0.15, -0.1) is 0 Å². The van der Waals surface area contributed by atoms with Crippen LogP contribution in [0.4, 0.5) is 5.69 Å². The van der Waals surface area contributed by atoms with E-state index in [2.05, 4.69) is 4.99 Å². The number of amidine groups is 1. The van der Waals surface area contributed by atoms with Gasteiger partial charge in [0.15, 0.2) is 15.0 Å². The third-order valence-electron chi connectivity index (χ3n) is 5.64. The van der Waals surface area contributed by atoms with Gasteiger partial charge in [-0.05, 0) is 48.7 Å². The van der Waals surface area contributed by atoms with Gasteiger partial charge < -0.3 is 9.64 Å². The van der Waals surface area contributed by atoms with Crippen LogP contribution in [0.2, 0.25) is 0 Å². The summed E-state index contributed by atoms with van der Waals surface area (Å²) in [6.45, 7) is 4.04. The molecule has 0 aliphatic carbocycles. The highest BCUT2D eigenvalue weighted by Crippen LogP contribution is 2.42. The second-order valence-corrected chi connectivity index (χ2v) is 11.1. The molecular weight excluding hydrogens is 420 g/mol. The van der Waals surface area contributed by atoms with Gasteiger partial charge in [-0.2, -0.15) is 4.99 Å². The van der Waals surface area contributed by atoms with Gasteiger partial charge in [-0.25, -0.2) is 8.42 Å². The molecule has 8 heteroatoms. The number of fused-ring (bicyclic) bond motifs is 1. The van der Waals surface area contributed by atoms with Gasteiger partial charge in [-0.3, -0.25) is 4.79 Å². The Morgan fingerprint density at radius 3 is 2.60 bits per heavy atom. The standard InChI is InChI=1S/C22H24N2O4S2/c1-14-5-4-6-18(15(14)2)24-19-12-30(26,27)13-20(19)29-22(24)23-21(25)11-16-7-9-17(28-3)10-8-16/h4-10,19-20H,11-13H2,1-3H3/t19-,20+/m0/s1. The Kier molecular flexibility index (Phi) is 5.63. The van der Waals surface area contributed by atoms with Crippen LogP contribution in [0.3, 0.4) is 0 Å². The van der Waals surface area contributed by atoms with Crippen molar-refractivity contribution in [2.24, 2.45) is 4.99 Å². The number of rotatable bonds is 4. The molecule has 2 aromatic rings. The quantitative estimate of drug-likeness (QED) is 0.721. The Bertz CT molecular complexity index is 1110. The molecule has 4 rings (SSSR count). The summed E-state index contributed by atoms with van der Waals surface area (Å²) < 4.78 is 29.6. The van der Waals surface area contributed by atoms with Crippen molar-refractivity contribution in [3.8, 4) is 5.75 Å². The molecule has 158 valence electrons. The van der Waals surface area contributed by atoms with Crippen molar-refractivity contribution in [1.29, 1.82) is 0 Å². The Morgan fingerprint density at radius 1 is 1.17 bits per heavy atom. The normalized spacial score (nSPS) is 23.6. The van der Waals surface area contributed by atoms with Crippen LogP contribution in [0.15, 0.2) is 47.5 Å². The molecule has 2 aromatic carbocycles. The molecule has 0 spiro atoms. The van der Waals surface area contributed by atoms with E-state index in [9.17, 15) is 13.2 Å². The van der Waals surface area contributed by atoms with Crippen LogP contribution < -0.4 is 9.64 Å². The van der Waals surface area contributed by atoms with Gasteiger partial charge in [0.05, 0.1) is 31.1 Å². The molecule has 2 atom stereocenters.